The number of carbonyl (C=O) groups excluding carboxylic acids is 2. The van der Waals surface area contributed by atoms with Gasteiger partial charge in [-0.25, -0.2) is 4.39 Å². The molecule has 1 amide bonds. The van der Waals surface area contributed by atoms with Crippen molar-refractivity contribution in [2.24, 2.45) is 5.92 Å². The van der Waals surface area contributed by atoms with Crippen LogP contribution in [-0.4, -0.2) is 30.2 Å². The van der Waals surface area contributed by atoms with Crippen molar-refractivity contribution < 1.29 is 18.4 Å². The highest BCUT2D eigenvalue weighted by molar-refractivity contribution is 6.11. The van der Waals surface area contributed by atoms with E-state index in [0.29, 0.717) is 12.2 Å². The van der Waals surface area contributed by atoms with Gasteiger partial charge in [-0.2, -0.15) is 0 Å². The summed E-state index contributed by atoms with van der Waals surface area (Å²) < 4.78 is 18.9. The molecule has 3 atom stereocenters. The lowest BCUT2D eigenvalue weighted by atomic mass is 9.71. The van der Waals surface area contributed by atoms with Gasteiger partial charge in [-0.3, -0.25) is 14.5 Å². The van der Waals surface area contributed by atoms with E-state index in [-0.39, 0.29) is 29.2 Å². The Bertz CT molecular complexity index is 1090. The predicted molar refractivity (Wildman–Crippen MR) is 105 cm³/mol. The van der Waals surface area contributed by atoms with Crippen LogP contribution in [0.25, 0.3) is 0 Å². The van der Waals surface area contributed by atoms with E-state index in [1.165, 1.54) is 18.4 Å². The van der Waals surface area contributed by atoms with Crippen molar-refractivity contribution in [2.45, 2.75) is 11.5 Å². The van der Waals surface area contributed by atoms with Gasteiger partial charge in [-0.1, -0.05) is 30.3 Å². The Hall–Kier alpha value is -3.25. The highest BCUT2D eigenvalue weighted by Gasteiger charge is 2.64. The van der Waals surface area contributed by atoms with Crippen LogP contribution in [0.5, 0.6) is 0 Å². The second kappa shape index (κ2) is 6.39. The summed E-state index contributed by atoms with van der Waals surface area (Å²) >= 11 is 0. The maximum atomic E-state index is 13.6. The number of nitrogens with one attached hydrogen (secondary N) is 1. The summed E-state index contributed by atoms with van der Waals surface area (Å²) in [5.74, 6) is -1.60. The standard InChI is InChI=1S/C23H19FN2O3/c1-26-13-16(14-8-10-15(24)11-9-14)20(21(27)19-7-4-12-29-19)23(26)17-5-2-3-6-18(17)25-22(23)28/h2-12,16,20H,13H2,1H3,(H,25,28)/t16-,20+,23+/m1/s1. The molecule has 2 aliphatic heterocycles. The van der Waals surface area contributed by atoms with Crippen LogP contribution in [0.2, 0.25) is 0 Å². The van der Waals surface area contributed by atoms with Crippen LogP contribution in [0, 0.1) is 11.7 Å². The number of benzene rings is 2. The Morgan fingerprint density at radius 3 is 2.62 bits per heavy atom. The van der Waals surface area contributed by atoms with Crippen molar-refractivity contribution >= 4 is 17.4 Å². The first-order valence-corrected chi connectivity index (χ1v) is 9.49. The zero-order chi connectivity index (χ0) is 20.2. The number of likely N-dealkylation sites (tertiary alicyclic amines) is 1. The number of ketones is 1. The van der Waals surface area contributed by atoms with E-state index in [1.54, 1.807) is 24.3 Å². The molecule has 3 heterocycles. The van der Waals surface area contributed by atoms with Gasteiger partial charge in [0, 0.05) is 23.7 Å². The minimum Gasteiger partial charge on any atom is -0.461 e. The van der Waals surface area contributed by atoms with Gasteiger partial charge in [0.25, 0.3) is 0 Å². The molecule has 0 aliphatic carbocycles. The topological polar surface area (TPSA) is 62.6 Å². The number of amides is 1. The summed E-state index contributed by atoms with van der Waals surface area (Å²) in [4.78, 5) is 29.0. The molecule has 0 saturated carbocycles. The first-order chi connectivity index (χ1) is 14.0. The van der Waals surface area contributed by atoms with E-state index in [9.17, 15) is 14.0 Å². The smallest absolute Gasteiger partial charge is 0.250 e. The van der Waals surface area contributed by atoms with Crippen molar-refractivity contribution in [1.82, 2.24) is 4.90 Å². The zero-order valence-electron chi connectivity index (χ0n) is 15.8. The SMILES string of the molecule is CN1C[C@H](c2ccc(F)cc2)[C@@H](C(=O)c2ccco2)[C@@]12C(=O)Nc1ccccc12. The molecule has 0 unspecified atom stereocenters. The average molecular weight is 390 g/mol. The number of halogens is 1. The van der Waals surface area contributed by atoms with Gasteiger partial charge < -0.3 is 9.73 Å². The van der Waals surface area contributed by atoms with Crippen molar-refractivity contribution in [3.8, 4) is 0 Å². The molecule has 2 aromatic carbocycles. The molecule has 1 aromatic heterocycles. The lowest BCUT2D eigenvalue weighted by Crippen LogP contribution is -2.51. The van der Waals surface area contributed by atoms with Crippen LogP contribution in [-0.2, 0) is 10.3 Å². The lowest BCUT2D eigenvalue weighted by Gasteiger charge is -2.35. The molecule has 1 fully saturated rings. The van der Waals surface area contributed by atoms with Crippen LogP contribution < -0.4 is 5.32 Å². The third kappa shape index (κ3) is 2.42. The molecule has 1 spiro atoms. The Kier molecular flexibility index (Phi) is 3.93. The summed E-state index contributed by atoms with van der Waals surface area (Å²) in [6, 6.07) is 16.9. The number of furan rings is 1. The number of hydrogen-bond acceptors (Lipinski definition) is 4. The number of carbonyl (C=O) groups is 2. The van der Waals surface area contributed by atoms with Gasteiger partial charge in [0.1, 0.15) is 11.4 Å². The molecule has 0 bridgehead atoms. The largest absolute Gasteiger partial charge is 0.461 e. The van der Waals surface area contributed by atoms with Crippen LogP contribution in [0.4, 0.5) is 10.1 Å². The number of hydrogen-bond donors (Lipinski definition) is 1. The molecule has 146 valence electrons. The van der Waals surface area contributed by atoms with Crippen LogP contribution in [0.3, 0.4) is 0 Å². The number of nitrogens with zero attached hydrogens (tertiary/aromatic N) is 1. The van der Waals surface area contributed by atoms with Gasteiger partial charge in [-0.05, 0) is 42.9 Å². The fourth-order valence-electron chi connectivity index (χ4n) is 4.98. The minimum absolute atomic E-state index is 0.217. The van der Waals surface area contributed by atoms with Crippen molar-refractivity contribution in [1.29, 1.82) is 0 Å². The quantitative estimate of drug-likeness (QED) is 0.691. The van der Waals surface area contributed by atoms with Crippen molar-refractivity contribution in [3.05, 3.63) is 89.6 Å². The predicted octanol–water partition coefficient (Wildman–Crippen LogP) is 3.79. The number of fused-ring (bicyclic) bond motifs is 2. The highest BCUT2D eigenvalue weighted by Crippen LogP contribution is 2.55. The Balaban J connectivity index is 1.73. The maximum Gasteiger partial charge on any atom is 0.250 e. The van der Waals surface area contributed by atoms with E-state index in [4.69, 9.17) is 4.42 Å². The first kappa shape index (κ1) is 17.8. The summed E-state index contributed by atoms with van der Waals surface area (Å²) in [6.07, 6.45) is 1.45. The fourth-order valence-corrected chi connectivity index (χ4v) is 4.98. The first-order valence-electron chi connectivity index (χ1n) is 9.49. The molecular weight excluding hydrogens is 371 g/mol. The van der Waals surface area contributed by atoms with E-state index in [0.717, 1.165) is 11.1 Å². The number of para-hydroxylation sites is 1. The van der Waals surface area contributed by atoms with Crippen molar-refractivity contribution in [3.63, 3.8) is 0 Å². The van der Waals surface area contributed by atoms with Gasteiger partial charge in [-0.15, -0.1) is 0 Å². The molecule has 2 aliphatic rings. The van der Waals surface area contributed by atoms with Gasteiger partial charge >= 0.3 is 0 Å². The summed E-state index contributed by atoms with van der Waals surface area (Å²) in [5, 5.41) is 2.95. The Morgan fingerprint density at radius 2 is 1.90 bits per heavy atom. The molecule has 1 saturated heterocycles. The van der Waals surface area contributed by atoms with Gasteiger partial charge in [0.15, 0.2) is 5.76 Å². The second-order valence-corrected chi connectivity index (χ2v) is 7.62. The average Bonchev–Trinajstić information content (AvgIpc) is 3.42. The van der Waals surface area contributed by atoms with E-state index in [2.05, 4.69) is 5.32 Å². The molecule has 29 heavy (non-hydrogen) atoms. The second-order valence-electron chi connectivity index (χ2n) is 7.62. The van der Waals surface area contributed by atoms with E-state index >= 15 is 0 Å². The lowest BCUT2D eigenvalue weighted by molar-refractivity contribution is -0.126. The Labute approximate surface area is 167 Å². The Morgan fingerprint density at radius 1 is 1.14 bits per heavy atom. The van der Waals surface area contributed by atoms with Crippen LogP contribution in [0.1, 0.15) is 27.6 Å². The molecular formula is C23H19FN2O3. The highest BCUT2D eigenvalue weighted by atomic mass is 19.1. The molecule has 1 N–H and O–H groups in total. The van der Waals surface area contributed by atoms with Crippen LogP contribution >= 0.6 is 0 Å². The monoisotopic (exact) mass is 390 g/mol. The minimum atomic E-state index is -1.15. The van der Waals surface area contributed by atoms with Gasteiger partial charge in [0.2, 0.25) is 11.7 Å². The van der Waals surface area contributed by atoms with Crippen LogP contribution in [0.15, 0.2) is 71.3 Å². The summed E-state index contributed by atoms with van der Waals surface area (Å²) in [6.45, 7) is 0.477. The molecule has 6 heteroatoms. The number of Topliss-reactive ketones (excluding diaryl/α,β-unsaturated/α-hetero) is 1. The van der Waals surface area contributed by atoms with Gasteiger partial charge in [0.05, 0.1) is 12.2 Å². The summed E-state index contributed by atoms with van der Waals surface area (Å²) in [5.41, 5.74) is 1.15. The van der Waals surface area contributed by atoms with E-state index in [1.807, 2.05) is 36.2 Å². The normalized spacial score (nSPS) is 25.9. The third-order valence-electron chi connectivity index (χ3n) is 6.20. The van der Waals surface area contributed by atoms with E-state index < -0.39 is 11.5 Å². The molecule has 3 aromatic rings. The molecule has 5 nitrogen and oxygen atoms in total. The zero-order valence-corrected chi connectivity index (χ0v) is 15.8. The molecule has 0 radical (unpaired) electrons. The molecule has 5 rings (SSSR count). The number of anilines is 1. The van der Waals surface area contributed by atoms with Crippen molar-refractivity contribution in [2.75, 3.05) is 18.9 Å². The number of likely N-dealkylation sites (N-methyl/N-ethyl adjacent to an activating group) is 1. The third-order valence-corrected chi connectivity index (χ3v) is 6.20. The maximum absolute atomic E-state index is 13.6. The fraction of sp³-hybridized carbons (Fsp3) is 0.217. The number of rotatable bonds is 3. The summed E-state index contributed by atoms with van der Waals surface area (Å²) in [7, 11) is 1.85.